The molecule has 6 heteroatoms. The number of carbonyl (C=O) groups excluding carboxylic acids is 2. The van der Waals surface area contributed by atoms with Gasteiger partial charge in [0.05, 0.1) is 7.98 Å². The summed E-state index contributed by atoms with van der Waals surface area (Å²) in [6.07, 6.45) is 2.69. The van der Waals surface area contributed by atoms with E-state index in [0.717, 1.165) is 40.8 Å². The van der Waals surface area contributed by atoms with E-state index in [1.165, 1.54) is 0 Å². The van der Waals surface area contributed by atoms with Gasteiger partial charge in [0.2, 0.25) is 0 Å². The number of carbonyl (C=O) groups is 2. The maximum Gasteiger partial charge on any atom is 0.254 e. The number of aliphatic hydroxyl groups excluding tert-OH is 1. The molecule has 0 spiro atoms. The van der Waals surface area contributed by atoms with Crippen LogP contribution < -0.4 is 4.74 Å². The molecular formula is C32H33NO4S. The van der Waals surface area contributed by atoms with E-state index in [-0.39, 0.29) is 18.2 Å². The Morgan fingerprint density at radius 2 is 1.63 bits per heavy atom. The molecule has 0 bridgehead atoms. The second kappa shape index (κ2) is 14.3. The lowest BCUT2D eigenvalue weighted by atomic mass is 10.1. The second-order valence-corrected chi connectivity index (χ2v) is 9.94. The van der Waals surface area contributed by atoms with E-state index < -0.39 is 13.1 Å². The van der Waals surface area contributed by atoms with Gasteiger partial charge in [-0.3, -0.25) is 9.59 Å². The number of hydrogen-bond donors (Lipinski definition) is 1. The Bertz CT molecular complexity index is 1330. The quantitative estimate of drug-likeness (QED) is 0.184. The Kier molecular flexibility index (Phi) is 9.72. The largest absolute Gasteiger partial charge is 0.493 e. The fraction of sp³-hybridized carbons (Fsp3) is 0.250. The van der Waals surface area contributed by atoms with Gasteiger partial charge in [0, 0.05) is 35.5 Å². The summed E-state index contributed by atoms with van der Waals surface area (Å²) in [7, 11) is 0. The van der Waals surface area contributed by atoms with Crippen LogP contribution in [0.3, 0.4) is 0 Å². The molecule has 0 fully saturated rings. The van der Waals surface area contributed by atoms with Crippen LogP contribution in [0, 0.1) is 0 Å². The third-order valence-corrected chi connectivity index (χ3v) is 7.07. The first-order chi connectivity index (χ1) is 19.1. The number of hydrogen-bond acceptors (Lipinski definition) is 5. The molecule has 3 aromatic carbocycles. The molecule has 0 aliphatic carbocycles. The van der Waals surface area contributed by atoms with Crippen LogP contribution in [-0.4, -0.2) is 34.9 Å². The van der Waals surface area contributed by atoms with Crippen molar-refractivity contribution >= 4 is 23.0 Å². The number of Topliss-reactive ketones (excluding diaryl/α,β-unsaturated/α-hetero) is 1. The van der Waals surface area contributed by atoms with Crippen LogP contribution in [0.2, 0.25) is 0 Å². The van der Waals surface area contributed by atoms with E-state index in [1.807, 2.05) is 90.3 Å². The number of benzene rings is 3. The minimum atomic E-state index is -0.896. The van der Waals surface area contributed by atoms with Crippen LogP contribution in [-0.2, 0) is 17.9 Å². The van der Waals surface area contributed by atoms with E-state index in [9.17, 15) is 9.59 Å². The molecule has 0 aliphatic heterocycles. The molecule has 0 aliphatic rings. The Hall–Kier alpha value is -3.74. The third kappa shape index (κ3) is 7.88. The molecule has 0 saturated heterocycles. The van der Waals surface area contributed by atoms with Crippen molar-refractivity contribution in [3.8, 4) is 16.2 Å². The van der Waals surface area contributed by atoms with Gasteiger partial charge in [0.25, 0.3) is 5.91 Å². The van der Waals surface area contributed by atoms with Crippen LogP contribution in [0.5, 0.6) is 5.75 Å². The minimum Gasteiger partial charge on any atom is -0.493 e. The molecule has 0 saturated carbocycles. The van der Waals surface area contributed by atoms with Crippen molar-refractivity contribution in [1.29, 1.82) is 0 Å². The third-order valence-electron chi connectivity index (χ3n) is 6.15. The van der Waals surface area contributed by atoms with E-state index in [2.05, 4.69) is 6.07 Å². The molecule has 0 radical (unpaired) electrons. The molecule has 5 nitrogen and oxygen atoms in total. The van der Waals surface area contributed by atoms with Crippen LogP contribution in [0.1, 0.15) is 48.5 Å². The fourth-order valence-corrected chi connectivity index (χ4v) is 4.83. The molecule has 1 atom stereocenters. The molecular weight excluding hydrogens is 494 g/mol. The van der Waals surface area contributed by atoms with Gasteiger partial charge in [-0.2, -0.15) is 0 Å². The first-order valence-corrected chi connectivity index (χ1v) is 13.7. The highest BCUT2D eigenvalue weighted by Gasteiger charge is 2.19. The number of rotatable bonds is 14. The zero-order valence-electron chi connectivity index (χ0n) is 22.3. The lowest BCUT2D eigenvalue weighted by Gasteiger charge is -2.24. The number of para-hydroxylation sites is 1. The molecule has 1 N–H and O–H groups in total. The van der Waals surface area contributed by atoms with Crippen LogP contribution in [0.15, 0.2) is 96.4 Å². The zero-order chi connectivity index (χ0) is 27.5. The number of ketones is 1. The standard InChI is InChI=1S/C32H33NO4S/c34-24-29(35)13-5-2-8-20-37-30-14-7-6-12-28(30)23-33(22-25-10-3-1-4-11-25)32(36)27-18-16-26(17-19-27)31-15-9-21-38-31/h1,3-4,6-7,9-12,14-19,21,34H,2,5,8,13,20,22-24H2/i22D. The Balaban J connectivity index is 1.50. The number of ether oxygens (including phenoxy) is 1. The van der Waals surface area contributed by atoms with E-state index in [1.54, 1.807) is 16.2 Å². The number of nitrogens with zero attached hydrogens (tertiary/aromatic N) is 1. The van der Waals surface area contributed by atoms with Crippen molar-refractivity contribution in [2.24, 2.45) is 0 Å². The predicted molar refractivity (Wildman–Crippen MR) is 152 cm³/mol. The van der Waals surface area contributed by atoms with Gasteiger partial charge in [-0.05, 0) is 60.0 Å². The Morgan fingerprint density at radius 3 is 2.37 bits per heavy atom. The normalized spacial score (nSPS) is 12.0. The lowest BCUT2D eigenvalue weighted by Crippen LogP contribution is -2.30. The Morgan fingerprint density at radius 1 is 0.868 bits per heavy atom. The van der Waals surface area contributed by atoms with Crippen molar-refractivity contribution in [3.63, 3.8) is 0 Å². The average Bonchev–Trinajstić information content (AvgIpc) is 3.53. The maximum atomic E-state index is 13.8. The topological polar surface area (TPSA) is 66.8 Å². The zero-order valence-corrected chi connectivity index (χ0v) is 22.1. The van der Waals surface area contributed by atoms with Crippen LogP contribution in [0.25, 0.3) is 10.4 Å². The SMILES string of the molecule is [2H]C(c1ccccc1)N(Cc1ccccc1OCCCCCC(=O)CO)C(=O)c1ccc(-c2cccs2)cc1. The van der Waals surface area contributed by atoms with Gasteiger partial charge >= 0.3 is 0 Å². The van der Waals surface area contributed by atoms with Gasteiger partial charge in [0.15, 0.2) is 5.78 Å². The molecule has 4 aromatic rings. The molecule has 1 unspecified atom stereocenters. The van der Waals surface area contributed by atoms with Crippen molar-refractivity contribution < 1.29 is 20.8 Å². The summed E-state index contributed by atoms with van der Waals surface area (Å²) < 4.78 is 15.1. The highest BCUT2D eigenvalue weighted by molar-refractivity contribution is 7.13. The Labute approximate surface area is 229 Å². The minimum absolute atomic E-state index is 0.143. The second-order valence-electron chi connectivity index (χ2n) is 8.99. The number of unbranched alkanes of at least 4 members (excludes halogenated alkanes) is 2. The molecule has 196 valence electrons. The monoisotopic (exact) mass is 528 g/mol. The summed E-state index contributed by atoms with van der Waals surface area (Å²) >= 11 is 1.65. The van der Waals surface area contributed by atoms with Gasteiger partial charge < -0.3 is 14.7 Å². The molecule has 4 rings (SSSR count). The van der Waals surface area contributed by atoms with E-state index in [4.69, 9.17) is 11.2 Å². The van der Waals surface area contributed by atoms with Crippen LogP contribution in [0.4, 0.5) is 0 Å². The molecule has 1 amide bonds. The predicted octanol–water partition coefficient (Wildman–Crippen LogP) is 6.76. The summed E-state index contributed by atoms with van der Waals surface area (Å²) in [5.41, 5.74) is 3.14. The summed E-state index contributed by atoms with van der Waals surface area (Å²) in [5.74, 6) is 0.311. The maximum absolute atomic E-state index is 13.8. The molecule has 1 aromatic heterocycles. The van der Waals surface area contributed by atoms with Crippen molar-refractivity contribution in [2.75, 3.05) is 13.2 Å². The van der Waals surface area contributed by atoms with E-state index in [0.29, 0.717) is 24.3 Å². The van der Waals surface area contributed by atoms with Gasteiger partial charge in [-0.1, -0.05) is 66.7 Å². The average molecular weight is 529 g/mol. The molecule has 38 heavy (non-hydrogen) atoms. The van der Waals surface area contributed by atoms with Gasteiger partial charge in [0.1, 0.15) is 12.4 Å². The fourth-order valence-electron chi connectivity index (χ4n) is 4.10. The lowest BCUT2D eigenvalue weighted by molar-refractivity contribution is -0.121. The van der Waals surface area contributed by atoms with Crippen molar-refractivity contribution in [1.82, 2.24) is 4.90 Å². The number of aliphatic hydroxyl groups is 1. The first-order valence-electron chi connectivity index (χ1n) is 13.4. The summed E-state index contributed by atoms with van der Waals surface area (Å²) in [6.45, 7) is -0.605. The highest BCUT2D eigenvalue weighted by atomic mass is 32.1. The van der Waals surface area contributed by atoms with Gasteiger partial charge in [-0.15, -0.1) is 11.3 Å². The summed E-state index contributed by atoms with van der Waals surface area (Å²) in [6, 6.07) is 28.6. The summed E-state index contributed by atoms with van der Waals surface area (Å²) in [4.78, 5) is 27.8. The van der Waals surface area contributed by atoms with Crippen LogP contribution >= 0.6 is 11.3 Å². The van der Waals surface area contributed by atoms with E-state index >= 15 is 0 Å². The highest BCUT2D eigenvalue weighted by Crippen LogP contribution is 2.26. The molecule has 1 heterocycles. The number of thiophene rings is 1. The number of amides is 1. The summed E-state index contributed by atoms with van der Waals surface area (Å²) in [5, 5.41) is 10.9. The smallest absolute Gasteiger partial charge is 0.254 e. The van der Waals surface area contributed by atoms with Crippen molar-refractivity contribution in [2.45, 2.75) is 38.7 Å². The van der Waals surface area contributed by atoms with Crippen molar-refractivity contribution in [3.05, 3.63) is 113 Å². The first kappa shape index (κ1) is 25.9. The van der Waals surface area contributed by atoms with Gasteiger partial charge in [-0.25, -0.2) is 0 Å².